The van der Waals surface area contributed by atoms with Crippen LogP contribution in [0.4, 0.5) is 0 Å². The van der Waals surface area contributed by atoms with E-state index in [4.69, 9.17) is 32.4 Å². The number of esters is 1. The number of rotatable bonds is 4. The summed E-state index contributed by atoms with van der Waals surface area (Å²) < 4.78 is 10.9. The summed E-state index contributed by atoms with van der Waals surface area (Å²) in [5, 5.41) is 0.490. The Morgan fingerprint density at radius 2 is 1.75 bits per heavy atom. The van der Waals surface area contributed by atoms with E-state index >= 15 is 0 Å². The van der Waals surface area contributed by atoms with E-state index in [1.165, 1.54) is 0 Å². The summed E-state index contributed by atoms with van der Waals surface area (Å²) >= 11 is 12.0. The number of hydrogen-bond donors (Lipinski definition) is 0. The molecule has 2 aromatic carbocycles. The number of aromatic nitrogens is 1. The maximum absolute atomic E-state index is 12.2. The maximum atomic E-state index is 12.2. The van der Waals surface area contributed by atoms with Gasteiger partial charge in [-0.2, -0.15) is 0 Å². The summed E-state index contributed by atoms with van der Waals surface area (Å²) in [4.78, 5) is 16.6. The van der Waals surface area contributed by atoms with E-state index in [-0.39, 0.29) is 22.2 Å². The summed E-state index contributed by atoms with van der Waals surface area (Å²) in [5.41, 5.74) is 1.54. The fourth-order valence-electron chi connectivity index (χ4n) is 2.17. The molecule has 0 N–H and O–H groups in total. The molecule has 0 aliphatic heterocycles. The van der Waals surface area contributed by atoms with Gasteiger partial charge in [0.1, 0.15) is 18.1 Å². The molecule has 0 bridgehead atoms. The summed E-state index contributed by atoms with van der Waals surface area (Å²) in [5.74, 6) is 0.469. The predicted octanol–water partition coefficient (Wildman–Crippen LogP) is 5.31. The second kappa shape index (κ2) is 7.07. The van der Waals surface area contributed by atoms with Gasteiger partial charge < -0.3 is 9.15 Å². The smallest absolute Gasteiger partial charge is 0.341 e. The molecule has 0 unspecified atom stereocenters. The van der Waals surface area contributed by atoms with Crippen LogP contribution in [0, 0.1) is 6.92 Å². The lowest BCUT2D eigenvalue weighted by Crippen LogP contribution is -2.07. The van der Waals surface area contributed by atoms with Gasteiger partial charge in [0.05, 0.1) is 15.6 Å². The molecule has 122 valence electrons. The molecule has 24 heavy (non-hydrogen) atoms. The highest BCUT2D eigenvalue weighted by Gasteiger charge is 2.18. The van der Waals surface area contributed by atoms with Crippen molar-refractivity contribution in [2.24, 2.45) is 0 Å². The van der Waals surface area contributed by atoms with Crippen molar-refractivity contribution < 1.29 is 13.9 Å². The molecule has 0 amide bonds. The fourth-order valence-corrected chi connectivity index (χ4v) is 2.72. The molecular formula is C18H13Cl2NO3. The van der Waals surface area contributed by atoms with Crippen molar-refractivity contribution >= 4 is 29.2 Å². The van der Waals surface area contributed by atoms with Crippen LogP contribution >= 0.6 is 23.2 Å². The third-order valence-electron chi connectivity index (χ3n) is 3.42. The van der Waals surface area contributed by atoms with Gasteiger partial charge >= 0.3 is 5.97 Å². The first kappa shape index (κ1) is 16.6. The van der Waals surface area contributed by atoms with Crippen LogP contribution in [-0.4, -0.2) is 11.0 Å². The zero-order valence-corrected chi connectivity index (χ0v) is 14.3. The Balaban J connectivity index is 1.76. The third kappa shape index (κ3) is 3.45. The van der Waals surface area contributed by atoms with Crippen molar-refractivity contribution in [3.63, 3.8) is 0 Å². The van der Waals surface area contributed by atoms with Crippen molar-refractivity contribution in [1.82, 2.24) is 4.98 Å². The summed E-state index contributed by atoms with van der Waals surface area (Å²) in [6.07, 6.45) is 0. The van der Waals surface area contributed by atoms with E-state index in [0.29, 0.717) is 17.3 Å². The van der Waals surface area contributed by atoms with Crippen LogP contribution in [0.1, 0.15) is 21.8 Å². The quantitative estimate of drug-likeness (QED) is 0.590. The van der Waals surface area contributed by atoms with Gasteiger partial charge in [0.15, 0.2) is 0 Å². The molecule has 1 heterocycles. The van der Waals surface area contributed by atoms with Crippen LogP contribution < -0.4 is 0 Å². The first-order valence-electron chi connectivity index (χ1n) is 7.19. The number of benzene rings is 2. The molecule has 0 radical (unpaired) electrons. The molecule has 0 fully saturated rings. The Hall–Kier alpha value is -2.30. The highest BCUT2D eigenvalue weighted by Crippen LogP contribution is 2.26. The predicted molar refractivity (Wildman–Crippen MR) is 92.3 cm³/mol. The molecule has 0 aliphatic carbocycles. The van der Waals surface area contributed by atoms with Crippen molar-refractivity contribution in [2.75, 3.05) is 0 Å². The average molecular weight is 362 g/mol. The van der Waals surface area contributed by atoms with E-state index in [9.17, 15) is 4.79 Å². The fraction of sp³-hybridized carbons (Fsp3) is 0.111. The molecular weight excluding hydrogens is 349 g/mol. The third-order valence-corrected chi connectivity index (χ3v) is 4.05. The molecule has 0 aliphatic rings. The van der Waals surface area contributed by atoms with Crippen molar-refractivity contribution in [2.45, 2.75) is 13.5 Å². The summed E-state index contributed by atoms with van der Waals surface area (Å²) in [6.45, 7) is 1.74. The number of aryl methyl sites for hydroxylation is 1. The van der Waals surface area contributed by atoms with E-state index in [1.54, 1.807) is 25.1 Å². The van der Waals surface area contributed by atoms with Crippen LogP contribution in [0.2, 0.25) is 10.0 Å². The number of carbonyl (C=O) groups excluding carboxylic acids is 1. The summed E-state index contributed by atoms with van der Waals surface area (Å²) in [7, 11) is 0. The SMILES string of the molecule is Cc1oc(-c2ccccc2)nc1COC(=O)c1c(Cl)cccc1Cl. The first-order chi connectivity index (χ1) is 11.6. The second-order valence-electron chi connectivity index (χ2n) is 5.06. The molecule has 0 saturated carbocycles. The van der Waals surface area contributed by atoms with E-state index in [2.05, 4.69) is 4.98 Å². The van der Waals surface area contributed by atoms with Gasteiger partial charge in [0.2, 0.25) is 5.89 Å². The van der Waals surface area contributed by atoms with Gasteiger partial charge in [0, 0.05) is 5.56 Å². The molecule has 3 aromatic rings. The lowest BCUT2D eigenvalue weighted by atomic mass is 10.2. The van der Waals surface area contributed by atoms with Gasteiger partial charge in [-0.1, -0.05) is 47.5 Å². The van der Waals surface area contributed by atoms with Gasteiger partial charge in [-0.15, -0.1) is 0 Å². The molecule has 0 saturated heterocycles. The van der Waals surface area contributed by atoms with E-state index in [1.807, 2.05) is 30.3 Å². The molecule has 1 aromatic heterocycles. The molecule has 0 spiro atoms. The highest BCUT2D eigenvalue weighted by atomic mass is 35.5. The zero-order valence-electron chi connectivity index (χ0n) is 12.8. The minimum Gasteiger partial charge on any atom is -0.455 e. The van der Waals surface area contributed by atoms with Gasteiger partial charge in [-0.3, -0.25) is 0 Å². The normalized spacial score (nSPS) is 10.6. The van der Waals surface area contributed by atoms with Crippen LogP contribution in [-0.2, 0) is 11.3 Å². The van der Waals surface area contributed by atoms with Crippen molar-refractivity contribution in [1.29, 1.82) is 0 Å². The van der Waals surface area contributed by atoms with Gasteiger partial charge in [-0.05, 0) is 31.2 Å². The topological polar surface area (TPSA) is 52.3 Å². The Bertz CT molecular complexity index is 855. The number of carbonyl (C=O) groups is 1. The van der Waals surface area contributed by atoms with Crippen molar-refractivity contribution in [3.05, 3.63) is 75.6 Å². The molecule has 3 rings (SSSR count). The van der Waals surface area contributed by atoms with E-state index in [0.717, 1.165) is 5.56 Å². The Labute approximate surface area is 149 Å². The number of nitrogens with zero attached hydrogens (tertiary/aromatic N) is 1. The maximum Gasteiger partial charge on any atom is 0.341 e. The van der Waals surface area contributed by atoms with Crippen LogP contribution in [0.3, 0.4) is 0 Å². The molecule has 0 atom stereocenters. The van der Waals surface area contributed by atoms with Crippen LogP contribution in [0.15, 0.2) is 52.9 Å². The van der Waals surface area contributed by atoms with Gasteiger partial charge in [0.25, 0.3) is 0 Å². The highest BCUT2D eigenvalue weighted by molar-refractivity contribution is 6.39. The average Bonchev–Trinajstić information content (AvgIpc) is 2.94. The minimum absolute atomic E-state index is 0.0252. The lowest BCUT2D eigenvalue weighted by molar-refractivity contribution is 0.0467. The standard InChI is InChI=1S/C18H13Cl2NO3/c1-11-15(21-17(24-11)12-6-3-2-4-7-12)10-23-18(22)16-13(19)8-5-9-14(16)20/h2-9H,10H2,1H3. The molecule has 4 nitrogen and oxygen atoms in total. The minimum atomic E-state index is -0.603. The monoisotopic (exact) mass is 361 g/mol. The summed E-state index contributed by atoms with van der Waals surface area (Å²) in [6, 6.07) is 14.3. The van der Waals surface area contributed by atoms with E-state index < -0.39 is 5.97 Å². The number of oxazole rings is 1. The number of ether oxygens (including phenoxy) is 1. The lowest BCUT2D eigenvalue weighted by Gasteiger charge is -2.06. The van der Waals surface area contributed by atoms with Crippen molar-refractivity contribution in [3.8, 4) is 11.5 Å². The van der Waals surface area contributed by atoms with Gasteiger partial charge in [-0.25, -0.2) is 9.78 Å². The Morgan fingerprint density at radius 1 is 1.08 bits per heavy atom. The van der Waals surface area contributed by atoms with Crippen LogP contribution in [0.25, 0.3) is 11.5 Å². The largest absolute Gasteiger partial charge is 0.455 e. The number of halogens is 2. The zero-order chi connectivity index (χ0) is 17.1. The Morgan fingerprint density at radius 3 is 2.42 bits per heavy atom. The molecule has 6 heteroatoms. The Kier molecular flexibility index (Phi) is 4.88. The van der Waals surface area contributed by atoms with Crippen LogP contribution in [0.5, 0.6) is 0 Å². The first-order valence-corrected chi connectivity index (χ1v) is 7.94. The number of hydrogen-bond acceptors (Lipinski definition) is 4. The second-order valence-corrected chi connectivity index (χ2v) is 5.88.